The van der Waals surface area contributed by atoms with Crippen LogP contribution in [0.4, 0.5) is 4.39 Å². The van der Waals surface area contributed by atoms with E-state index >= 15 is 0 Å². The molecule has 0 amide bonds. The van der Waals surface area contributed by atoms with Gasteiger partial charge in [-0.3, -0.25) is 9.78 Å². The molecule has 3 rings (SSSR count). The van der Waals surface area contributed by atoms with E-state index in [4.69, 9.17) is 0 Å². The van der Waals surface area contributed by atoms with Crippen molar-refractivity contribution in [2.45, 2.75) is 5.92 Å². The summed E-state index contributed by atoms with van der Waals surface area (Å²) in [6, 6.07) is 18.4. The van der Waals surface area contributed by atoms with Gasteiger partial charge in [0.15, 0.2) is 11.7 Å². The number of carbonyl (C=O) groups excluding carboxylic acids is 1. The van der Waals surface area contributed by atoms with Crippen LogP contribution < -0.4 is 0 Å². The number of halogens is 1. The molecule has 3 aromatic rings. The Morgan fingerprint density at radius 2 is 1.77 bits per heavy atom. The molecule has 0 aliphatic carbocycles. The van der Waals surface area contributed by atoms with E-state index < -0.39 is 17.5 Å². The molecule has 106 valence electrons. The molecule has 1 heterocycles. The molecule has 0 unspecified atom stereocenters. The summed E-state index contributed by atoms with van der Waals surface area (Å²) < 4.78 is 13.8. The summed E-state index contributed by atoms with van der Waals surface area (Å²) in [6.45, 7) is 0. The number of carbonyl (C=O) groups is 1. The maximum atomic E-state index is 13.8. The van der Waals surface area contributed by atoms with Gasteiger partial charge in [0.05, 0.1) is 22.8 Å². The first-order valence-electron chi connectivity index (χ1n) is 6.75. The Balaban J connectivity index is 2.05. The molecule has 0 aliphatic rings. The first-order chi connectivity index (χ1) is 10.7. The summed E-state index contributed by atoms with van der Waals surface area (Å²) in [5, 5.41) is 10.3. The van der Waals surface area contributed by atoms with E-state index in [1.165, 1.54) is 18.2 Å². The fourth-order valence-corrected chi connectivity index (χ4v) is 2.32. The van der Waals surface area contributed by atoms with E-state index in [0.717, 1.165) is 5.39 Å². The highest BCUT2D eigenvalue weighted by molar-refractivity contribution is 6.02. The summed E-state index contributed by atoms with van der Waals surface area (Å²) in [5.41, 5.74) is 0.931. The van der Waals surface area contributed by atoms with E-state index in [0.29, 0.717) is 11.2 Å². The second kappa shape index (κ2) is 5.74. The molecule has 2 aromatic carbocycles. The molecular formula is C18H11FN2O. The molecule has 1 aromatic heterocycles. The number of hydrogen-bond acceptors (Lipinski definition) is 3. The summed E-state index contributed by atoms with van der Waals surface area (Å²) >= 11 is 0. The van der Waals surface area contributed by atoms with E-state index in [9.17, 15) is 14.4 Å². The van der Waals surface area contributed by atoms with Crippen LogP contribution in [0, 0.1) is 17.1 Å². The summed E-state index contributed by atoms with van der Waals surface area (Å²) in [7, 11) is 0. The number of aromatic nitrogens is 1. The van der Waals surface area contributed by atoms with Gasteiger partial charge >= 0.3 is 0 Å². The number of rotatable bonds is 3. The van der Waals surface area contributed by atoms with Crippen molar-refractivity contribution in [2.24, 2.45) is 0 Å². The van der Waals surface area contributed by atoms with E-state index in [1.807, 2.05) is 24.3 Å². The predicted molar refractivity (Wildman–Crippen MR) is 80.8 cm³/mol. The van der Waals surface area contributed by atoms with Crippen molar-refractivity contribution >= 4 is 16.7 Å². The lowest BCUT2D eigenvalue weighted by atomic mass is 9.94. The molecule has 0 saturated carbocycles. The molecule has 22 heavy (non-hydrogen) atoms. The van der Waals surface area contributed by atoms with E-state index in [-0.39, 0.29) is 5.56 Å². The summed E-state index contributed by atoms with van der Waals surface area (Å²) in [6.07, 6.45) is 0. The van der Waals surface area contributed by atoms with Crippen LogP contribution in [0.25, 0.3) is 10.9 Å². The molecule has 0 fully saturated rings. The Hall–Kier alpha value is -3.06. The fraction of sp³-hybridized carbons (Fsp3) is 0.0556. The number of nitriles is 1. The maximum Gasteiger partial charge on any atom is 0.189 e. The van der Waals surface area contributed by atoms with Crippen molar-refractivity contribution in [2.75, 3.05) is 0 Å². The van der Waals surface area contributed by atoms with Crippen molar-refractivity contribution in [1.82, 2.24) is 4.98 Å². The van der Waals surface area contributed by atoms with Gasteiger partial charge in [-0.2, -0.15) is 5.26 Å². The predicted octanol–water partition coefficient (Wildman–Crippen LogP) is 3.86. The van der Waals surface area contributed by atoms with Gasteiger partial charge in [0.2, 0.25) is 0 Å². The Morgan fingerprint density at radius 3 is 2.55 bits per heavy atom. The smallest absolute Gasteiger partial charge is 0.189 e. The third kappa shape index (κ3) is 2.45. The Morgan fingerprint density at radius 1 is 1.05 bits per heavy atom. The maximum absolute atomic E-state index is 13.8. The lowest BCUT2D eigenvalue weighted by Crippen LogP contribution is -2.14. The highest BCUT2D eigenvalue weighted by atomic mass is 19.1. The number of para-hydroxylation sites is 1. The molecule has 1 atom stereocenters. The first-order valence-corrected chi connectivity index (χ1v) is 6.75. The molecule has 0 spiro atoms. The Kier molecular flexibility index (Phi) is 3.63. The topological polar surface area (TPSA) is 53.8 Å². The van der Waals surface area contributed by atoms with Gasteiger partial charge in [-0.25, -0.2) is 4.39 Å². The number of pyridine rings is 1. The van der Waals surface area contributed by atoms with Crippen LogP contribution in [0.1, 0.15) is 22.0 Å². The van der Waals surface area contributed by atoms with Gasteiger partial charge in [0, 0.05) is 5.39 Å². The number of fused-ring (bicyclic) bond motifs is 1. The minimum atomic E-state index is -1.12. The number of Topliss-reactive ketones (excluding diaryl/α,β-unsaturated/α-hetero) is 1. The second-order valence-electron chi connectivity index (χ2n) is 4.84. The van der Waals surface area contributed by atoms with Crippen LogP contribution in [0.5, 0.6) is 0 Å². The average molecular weight is 290 g/mol. The lowest BCUT2D eigenvalue weighted by Gasteiger charge is -2.09. The van der Waals surface area contributed by atoms with Crippen LogP contribution in [0.2, 0.25) is 0 Å². The van der Waals surface area contributed by atoms with Crippen molar-refractivity contribution in [3.8, 4) is 6.07 Å². The van der Waals surface area contributed by atoms with Crippen molar-refractivity contribution < 1.29 is 9.18 Å². The monoisotopic (exact) mass is 290 g/mol. The number of benzene rings is 2. The van der Waals surface area contributed by atoms with Gasteiger partial charge < -0.3 is 0 Å². The highest BCUT2D eigenvalue weighted by Crippen LogP contribution is 2.23. The normalized spacial score (nSPS) is 11.8. The van der Waals surface area contributed by atoms with Crippen molar-refractivity contribution in [1.29, 1.82) is 5.26 Å². The summed E-state index contributed by atoms with van der Waals surface area (Å²) in [4.78, 5) is 16.8. The molecule has 0 saturated heterocycles. The van der Waals surface area contributed by atoms with Crippen LogP contribution >= 0.6 is 0 Å². The Bertz CT molecular complexity index is 899. The van der Waals surface area contributed by atoms with Crippen LogP contribution in [-0.2, 0) is 0 Å². The molecular weight excluding hydrogens is 279 g/mol. The molecule has 0 aliphatic heterocycles. The standard InChI is InChI=1S/C18H11FN2O/c19-15-7-3-2-6-13(15)18(22)14(11-20)17-10-9-12-5-1-4-8-16(12)21-17/h1-10,14H/t14-/m0/s1. The van der Waals surface area contributed by atoms with Gasteiger partial charge in [-0.1, -0.05) is 36.4 Å². The van der Waals surface area contributed by atoms with Crippen molar-refractivity contribution in [3.05, 3.63) is 77.7 Å². The first kappa shape index (κ1) is 13.9. The zero-order chi connectivity index (χ0) is 15.5. The summed E-state index contributed by atoms with van der Waals surface area (Å²) in [5.74, 6) is -2.33. The van der Waals surface area contributed by atoms with Crippen LogP contribution in [0.15, 0.2) is 60.7 Å². The largest absolute Gasteiger partial charge is 0.292 e. The SMILES string of the molecule is N#C[C@H](C(=O)c1ccccc1F)c1ccc2ccccc2n1. The second-order valence-corrected chi connectivity index (χ2v) is 4.84. The van der Waals surface area contributed by atoms with Gasteiger partial charge in [-0.05, 0) is 24.3 Å². The lowest BCUT2D eigenvalue weighted by molar-refractivity contribution is 0.0974. The van der Waals surface area contributed by atoms with Gasteiger partial charge in [-0.15, -0.1) is 0 Å². The average Bonchev–Trinajstić information content (AvgIpc) is 2.55. The van der Waals surface area contributed by atoms with Crippen molar-refractivity contribution in [3.63, 3.8) is 0 Å². The Labute approximate surface area is 126 Å². The minimum Gasteiger partial charge on any atom is -0.292 e. The van der Waals surface area contributed by atoms with Gasteiger partial charge in [0.1, 0.15) is 5.82 Å². The van der Waals surface area contributed by atoms with Crippen LogP contribution in [-0.4, -0.2) is 10.8 Å². The van der Waals surface area contributed by atoms with E-state index in [2.05, 4.69) is 4.98 Å². The minimum absolute atomic E-state index is 0.0935. The third-order valence-electron chi connectivity index (χ3n) is 3.45. The fourth-order valence-electron chi connectivity index (χ4n) is 2.32. The number of hydrogen-bond donors (Lipinski definition) is 0. The quantitative estimate of drug-likeness (QED) is 0.688. The third-order valence-corrected chi connectivity index (χ3v) is 3.45. The van der Waals surface area contributed by atoms with Crippen LogP contribution in [0.3, 0.4) is 0 Å². The number of ketones is 1. The molecule has 4 heteroatoms. The van der Waals surface area contributed by atoms with Gasteiger partial charge in [0.25, 0.3) is 0 Å². The zero-order valence-corrected chi connectivity index (χ0v) is 11.5. The molecule has 0 N–H and O–H groups in total. The molecule has 0 bridgehead atoms. The highest BCUT2D eigenvalue weighted by Gasteiger charge is 2.25. The molecule has 3 nitrogen and oxygen atoms in total. The molecule has 0 radical (unpaired) electrons. The van der Waals surface area contributed by atoms with E-state index in [1.54, 1.807) is 24.3 Å². The zero-order valence-electron chi connectivity index (χ0n) is 11.5. The number of nitrogens with zero attached hydrogens (tertiary/aromatic N) is 2.